The lowest BCUT2D eigenvalue weighted by atomic mass is 10.1. The van der Waals surface area contributed by atoms with Gasteiger partial charge >= 0.3 is 5.97 Å². The highest BCUT2D eigenvalue weighted by atomic mass is 16.4. The first-order chi connectivity index (χ1) is 10.1. The second-order valence-corrected chi connectivity index (χ2v) is 4.90. The van der Waals surface area contributed by atoms with Gasteiger partial charge in [0.15, 0.2) is 5.69 Å². The van der Waals surface area contributed by atoms with E-state index in [-0.39, 0.29) is 5.69 Å². The van der Waals surface area contributed by atoms with Crippen molar-refractivity contribution in [1.82, 2.24) is 9.38 Å². The third-order valence-corrected chi connectivity index (χ3v) is 3.24. The summed E-state index contributed by atoms with van der Waals surface area (Å²) in [5.41, 5.74) is 4.01. The van der Waals surface area contributed by atoms with E-state index in [1.165, 1.54) is 11.8 Å². The van der Waals surface area contributed by atoms with E-state index in [1.54, 1.807) is 10.5 Å². The maximum absolute atomic E-state index is 10.9. The van der Waals surface area contributed by atoms with Crippen LogP contribution in [0.4, 0.5) is 0 Å². The Bertz CT molecular complexity index is 830. The van der Waals surface area contributed by atoms with Crippen molar-refractivity contribution < 1.29 is 9.90 Å². The third-order valence-electron chi connectivity index (χ3n) is 3.24. The molecule has 0 radical (unpaired) electrons. The minimum Gasteiger partial charge on any atom is -0.476 e. The molecule has 0 aliphatic rings. The molecule has 0 fully saturated rings. The van der Waals surface area contributed by atoms with Crippen LogP contribution in [0.25, 0.3) is 17.8 Å². The van der Waals surface area contributed by atoms with Crippen LogP contribution in [0.1, 0.15) is 27.2 Å². The number of carboxylic acid groups (broad SMARTS) is 1. The molecule has 0 bridgehead atoms. The average Bonchev–Trinajstić information content (AvgIpc) is 2.90. The fourth-order valence-electron chi connectivity index (χ4n) is 2.08. The number of rotatable bonds is 3. The highest BCUT2D eigenvalue weighted by Gasteiger charge is 2.07. The summed E-state index contributed by atoms with van der Waals surface area (Å²) >= 11 is 0. The fraction of sp³-hybridized carbons (Fsp3) is 0.0588. The predicted molar refractivity (Wildman–Crippen MR) is 82.3 cm³/mol. The van der Waals surface area contributed by atoms with Gasteiger partial charge in [-0.3, -0.25) is 0 Å². The minimum absolute atomic E-state index is 0.0506. The first-order valence-corrected chi connectivity index (χ1v) is 6.59. The molecule has 1 aromatic carbocycles. The number of imidazole rings is 1. The van der Waals surface area contributed by atoms with Crippen LogP contribution < -0.4 is 0 Å². The predicted octanol–water partition coefficient (Wildman–Crippen LogP) is 3.51. The van der Waals surface area contributed by atoms with E-state index >= 15 is 0 Å². The zero-order chi connectivity index (χ0) is 14.8. The van der Waals surface area contributed by atoms with Gasteiger partial charge in [0.25, 0.3) is 0 Å². The molecular weight excluding hydrogens is 264 g/mol. The van der Waals surface area contributed by atoms with Crippen molar-refractivity contribution in [3.05, 3.63) is 71.2 Å². The molecule has 3 aromatic rings. The monoisotopic (exact) mass is 278 g/mol. The maximum atomic E-state index is 10.9. The Balaban J connectivity index is 1.90. The van der Waals surface area contributed by atoms with Crippen LogP contribution >= 0.6 is 0 Å². The molecule has 1 N–H and O–H groups in total. The Labute approximate surface area is 122 Å². The van der Waals surface area contributed by atoms with Crippen LogP contribution in [0.2, 0.25) is 0 Å². The Morgan fingerprint density at radius 1 is 1.05 bits per heavy atom. The summed E-state index contributed by atoms with van der Waals surface area (Å²) in [6.45, 7) is 2.06. The van der Waals surface area contributed by atoms with Crippen molar-refractivity contribution in [2.24, 2.45) is 0 Å². The van der Waals surface area contributed by atoms with E-state index < -0.39 is 5.97 Å². The van der Waals surface area contributed by atoms with Gasteiger partial charge in [-0.2, -0.15) is 0 Å². The number of fused-ring (bicyclic) bond motifs is 1. The molecule has 4 nitrogen and oxygen atoms in total. The summed E-state index contributed by atoms with van der Waals surface area (Å²) in [5.74, 6) is -1.02. The number of benzene rings is 1. The van der Waals surface area contributed by atoms with Crippen LogP contribution in [0.3, 0.4) is 0 Å². The first kappa shape index (κ1) is 13.1. The van der Waals surface area contributed by atoms with E-state index in [0.29, 0.717) is 5.65 Å². The van der Waals surface area contributed by atoms with Gasteiger partial charge in [0, 0.05) is 12.4 Å². The quantitative estimate of drug-likeness (QED) is 0.797. The third kappa shape index (κ3) is 2.84. The Morgan fingerprint density at radius 2 is 1.71 bits per heavy atom. The topological polar surface area (TPSA) is 54.6 Å². The molecule has 2 heterocycles. The van der Waals surface area contributed by atoms with Gasteiger partial charge in [-0.1, -0.05) is 42.0 Å². The Kier molecular flexibility index (Phi) is 3.28. The standard InChI is InChI=1S/C17H14N2O2/c1-12-2-4-13(5-3-12)6-7-14-8-9-16-18-15(17(20)21)11-19(16)10-14/h2-11H,1H3,(H,20,21). The molecule has 0 aliphatic carbocycles. The molecule has 0 aliphatic heterocycles. The minimum atomic E-state index is -1.02. The molecule has 0 unspecified atom stereocenters. The number of nitrogens with zero attached hydrogens (tertiary/aromatic N) is 2. The van der Waals surface area contributed by atoms with E-state index in [0.717, 1.165) is 11.1 Å². The number of aromatic nitrogens is 2. The average molecular weight is 278 g/mol. The number of carbonyl (C=O) groups is 1. The number of hydrogen-bond donors (Lipinski definition) is 1. The molecule has 0 atom stereocenters. The number of aromatic carboxylic acids is 1. The summed E-state index contributed by atoms with van der Waals surface area (Å²) in [7, 11) is 0. The van der Waals surface area contributed by atoms with Crippen molar-refractivity contribution in [2.75, 3.05) is 0 Å². The smallest absolute Gasteiger partial charge is 0.356 e. The number of pyridine rings is 1. The number of aryl methyl sites for hydroxylation is 1. The molecule has 0 saturated heterocycles. The van der Waals surface area contributed by atoms with E-state index in [4.69, 9.17) is 5.11 Å². The maximum Gasteiger partial charge on any atom is 0.356 e. The van der Waals surface area contributed by atoms with Gasteiger partial charge in [-0.05, 0) is 30.2 Å². The SMILES string of the molecule is Cc1ccc(C=Cc2ccc3nc(C(=O)O)cn3c2)cc1. The molecule has 2 aromatic heterocycles. The van der Waals surface area contributed by atoms with Crippen LogP contribution in [-0.4, -0.2) is 20.5 Å². The summed E-state index contributed by atoms with van der Waals surface area (Å²) in [6, 6.07) is 12.0. The van der Waals surface area contributed by atoms with Crippen LogP contribution in [0.5, 0.6) is 0 Å². The number of carboxylic acids is 1. The lowest BCUT2D eigenvalue weighted by molar-refractivity contribution is 0.0691. The molecule has 4 heteroatoms. The summed E-state index contributed by atoms with van der Waals surface area (Å²) < 4.78 is 1.72. The first-order valence-electron chi connectivity index (χ1n) is 6.59. The molecule has 0 saturated carbocycles. The van der Waals surface area contributed by atoms with Gasteiger partial charge in [-0.15, -0.1) is 0 Å². The Hall–Kier alpha value is -2.88. The van der Waals surface area contributed by atoms with Gasteiger partial charge in [0.1, 0.15) is 5.65 Å². The zero-order valence-electron chi connectivity index (χ0n) is 11.5. The molecular formula is C17H14N2O2. The Morgan fingerprint density at radius 3 is 2.43 bits per heavy atom. The highest BCUT2D eigenvalue weighted by molar-refractivity contribution is 5.86. The van der Waals surface area contributed by atoms with Crippen molar-refractivity contribution in [2.45, 2.75) is 6.92 Å². The van der Waals surface area contributed by atoms with Crippen molar-refractivity contribution in [3.8, 4) is 0 Å². The largest absolute Gasteiger partial charge is 0.476 e. The molecule has 104 valence electrons. The van der Waals surface area contributed by atoms with Gasteiger partial charge in [0.2, 0.25) is 0 Å². The zero-order valence-corrected chi connectivity index (χ0v) is 11.5. The molecule has 3 rings (SSSR count). The van der Waals surface area contributed by atoms with Crippen LogP contribution in [0, 0.1) is 6.92 Å². The second-order valence-electron chi connectivity index (χ2n) is 4.90. The highest BCUT2D eigenvalue weighted by Crippen LogP contribution is 2.12. The second kappa shape index (κ2) is 5.25. The molecule has 21 heavy (non-hydrogen) atoms. The van der Waals surface area contributed by atoms with Crippen LogP contribution in [-0.2, 0) is 0 Å². The normalized spacial score (nSPS) is 11.3. The molecule has 0 amide bonds. The molecule has 0 spiro atoms. The lowest BCUT2D eigenvalue weighted by Gasteiger charge is -1.97. The van der Waals surface area contributed by atoms with Crippen LogP contribution in [0.15, 0.2) is 48.8 Å². The van der Waals surface area contributed by atoms with Crippen molar-refractivity contribution >= 4 is 23.8 Å². The van der Waals surface area contributed by atoms with E-state index in [1.807, 2.05) is 24.4 Å². The summed E-state index contributed by atoms with van der Waals surface area (Å²) in [6.07, 6.45) is 7.39. The van der Waals surface area contributed by atoms with Crippen molar-refractivity contribution in [3.63, 3.8) is 0 Å². The van der Waals surface area contributed by atoms with Gasteiger partial charge < -0.3 is 9.51 Å². The van der Waals surface area contributed by atoms with Crippen molar-refractivity contribution in [1.29, 1.82) is 0 Å². The van der Waals surface area contributed by atoms with E-state index in [2.05, 4.69) is 36.2 Å². The fourth-order valence-corrected chi connectivity index (χ4v) is 2.08. The van der Waals surface area contributed by atoms with Gasteiger partial charge in [0.05, 0.1) is 0 Å². The summed E-state index contributed by atoms with van der Waals surface area (Å²) in [5, 5.41) is 8.94. The lowest BCUT2D eigenvalue weighted by Crippen LogP contribution is -1.94. The summed E-state index contributed by atoms with van der Waals surface area (Å²) in [4.78, 5) is 14.9. The van der Waals surface area contributed by atoms with Gasteiger partial charge in [-0.25, -0.2) is 9.78 Å². The van der Waals surface area contributed by atoms with E-state index in [9.17, 15) is 4.79 Å². The number of hydrogen-bond acceptors (Lipinski definition) is 2.